The molecule has 2 unspecified atom stereocenters. The van der Waals surface area contributed by atoms with Gasteiger partial charge in [-0.2, -0.15) is 0 Å². The van der Waals surface area contributed by atoms with E-state index in [2.05, 4.69) is 28.5 Å². The summed E-state index contributed by atoms with van der Waals surface area (Å²) in [5.74, 6) is 3.23. The first-order valence-corrected chi connectivity index (χ1v) is 11.1. The number of methoxy groups -OCH3 is 1. The Hall–Kier alpha value is -4.05. The molecule has 2 aromatic rings. The molecule has 0 bridgehead atoms. The SMILES string of the molecule is C#CCOc1ccc(C2C(C(=O)Nc3ccccn3)=C(C)NC3=C2C(=O)CC(C)C3)cc1OC. The van der Waals surface area contributed by atoms with Gasteiger partial charge in [-0.05, 0) is 49.1 Å². The molecule has 0 radical (unpaired) electrons. The number of Topliss-reactive ketones (excluding diaryl/α,β-unsaturated/α-hetero) is 1. The van der Waals surface area contributed by atoms with Gasteiger partial charge in [0.2, 0.25) is 0 Å². The van der Waals surface area contributed by atoms with Gasteiger partial charge in [0.1, 0.15) is 12.4 Å². The third-order valence-corrected chi connectivity index (χ3v) is 6.01. The van der Waals surface area contributed by atoms with Gasteiger partial charge in [0.15, 0.2) is 17.3 Å². The van der Waals surface area contributed by atoms with E-state index in [1.807, 2.05) is 13.0 Å². The molecule has 2 N–H and O–H groups in total. The second kappa shape index (κ2) is 9.84. The van der Waals surface area contributed by atoms with E-state index in [1.165, 1.54) is 7.11 Å². The summed E-state index contributed by atoms with van der Waals surface area (Å²) < 4.78 is 11.1. The van der Waals surface area contributed by atoms with Gasteiger partial charge < -0.3 is 20.1 Å². The molecule has 0 spiro atoms. The number of amides is 1. The van der Waals surface area contributed by atoms with Crippen molar-refractivity contribution >= 4 is 17.5 Å². The van der Waals surface area contributed by atoms with E-state index in [0.29, 0.717) is 40.6 Å². The van der Waals surface area contributed by atoms with Crippen molar-refractivity contribution in [3.8, 4) is 23.8 Å². The van der Waals surface area contributed by atoms with E-state index in [0.717, 1.165) is 17.7 Å². The number of dihydropyridines is 1. The Labute approximate surface area is 199 Å². The fourth-order valence-corrected chi connectivity index (χ4v) is 4.59. The molecule has 1 aliphatic heterocycles. The predicted molar refractivity (Wildman–Crippen MR) is 129 cm³/mol. The van der Waals surface area contributed by atoms with Gasteiger partial charge in [0.05, 0.1) is 7.11 Å². The average Bonchev–Trinajstić information content (AvgIpc) is 2.82. The highest BCUT2D eigenvalue weighted by Gasteiger charge is 2.40. The minimum Gasteiger partial charge on any atom is -0.493 e. The topological polar surface area (TPSA) is 89.5 Å². The molecule has 1 aromatic carbocycles. The quantitative estimate of drug-likeness (QED) is 0.639. The van der Waals surface area contributed by atoms with Crippen LogP contribution in [-0.4, -0.2) is 30.4 Å². The van der Waals surface area contributed by atoms with Gasteiger partial charge in [0.25, 0.3) is 5.91 Å². The Balaban J connectivity index is 1.81. The zero-order valence-electron chi connectivity index (χ0n) is 19.5. The summed E-state index contributed by atoms with van der Waals surface area (Å²) >= 11 is 0. The molecule has 1 aromatic heterocycles. The van der Waals surface area contributed by atoms with E-state index in [9.17, 15) is 9.59 Å². The number of carbonyl (C=O) groups excluding carboxylic acids is 2. The highest BCUT2D eigenvalue weighted by molar-refractivity contribution is 6.09. The van der Waals surface area contributed by atoms with E-state index < -0.39 is 5.92 Å². The smallest absolute Gasteiger partial charge is 0.255 e. The van der Waals surface area contributed by atoms with E-state index in [-0.39, 0.29) is 24.2 Å². The number of anilines is 1. The highest BCUT2D eigenvalue weighted by atomic mass is 16.5. The zero-order valence-corrected chi connectivity index (χ0v) is 19.5. The van der Waals surface area contributed by atoms with Crippen LogP contribution in [0.25, 0.3) is 0 Å². The number of aromatic nitrogens is 1. The van der Waals surface area contributed by atoms with Crippen LogP contribution in [0.15, 0.2) is 65.1 Å². The zero-order chi connectivity index (χ0) is 24.2. The predicted octanol–water partition coefficient (Wildman–Crippen LogP) is 3.95. The van der Waals surface area contributed by atoms with Crippen molar-refractivity contribution in [2.24, 2.45) is 5.92 Å². The van der Waals surface area contributed by atoms with Gasteiger partial charge in [-0.1, -0.05) is 25.0 Å². The lowest BCUT2D eigenvalue weighted by molar-refractivity contribution is -0.117. The summed E-state index contributed by atoms with van der Waals surface area (Å²) in [4.78, 5) is 31.0. The lowest BCUT2D eigenvalue weighted by atomic mass is 9.73. The molecule has 0 saturated carbocycles. The Morgan fingerprint density at radius 1 is 1.26 bits per heavy atom. The highest BCUT2D eigenvalue weighted by Crippen LogP contribution is 2.45. The number of hydrogen-bond donors (Lipinski definition) is 2. The van der Waals surface area contributed by atoms with E-state index in [1.54, 1.807) is 36.5 Å². The fourth-order valence-electron chi connectivity index (χ4n) is 4.59. The number of nitrogens with zero attached hydrogens (tertiary/aromatic N) is 1. The largest absolute Gasteiger partial charge is 0.493 e. The van der Waals surface area contributed by atoms with Crippen molar-refractivity contribution in [1.29, 1.82) is 0 Å². The Bertz CT molecular complexity index is 1220. The summed E-state index contributed by atoms with van der Waals surface area (Å²) in [5, 5.41) is 6.21. The molecule has 2 aliphatic rings. The molecule has 1 amide bonds. The molecule has 174 valence electrons. The fraction of sp³-hybridized carbons (Fsp3) is 0.296. The molecule has 7 nitrogen and oxygen atoms in total. The second-order valence-electron chi connectivity index (χ2n) is 8.50. The van der Waals surface area contributed by atoms with Crippen molar-refractivity contribution in [2.45, 2.75) is 32.6 Å². The van der Waals surface area contributed by atoms with Crippen LogP contribution in [0.5, 0.6) is 11.5 Å². The molecular weight excluding hydrogens is 430 g/mol. The maximum absolute atomic E-state index is 13.5. The van der Waals surface area contributed by atoms with Gasteiger partial charge in [-0.25, -0.2) is 4.98 Å². The van der Waals surface area contributed by atoms with Crippen molar-refractivity contribution in [1.82, 2.24) is 10.3 Å². The Morgan fingerprint density at radius 3 is 2.79 bits per heavy atom. The van der Waals surface area contributed by atoms with Gasteiger partial charge in [-0.3, -0.25) is 9.59 Å². The van der Waals surface area contributed by atoms with Crippen molar-refractivity contribution in [3.63, 3.8) is 0 Å². The number of hydrogen-bond acceptors (Lipinski definition) is 6. The van der Waals surface area contributed by atoms with E-state index >= 15 is 0 Å². The van der Waals surface area contributed by atoms with Crippen molar-refractivity contribution in [2.75, 3.05) is 19.0 Å². The van der Waals surface area contributed by atoms with Gasteiger partial charge in [0, 0.05) is 41.1 Å². The van der Waals surface area contributed by atoms with Gasteiger partial charge >= 0.3 is 0 Å². The summed E-state index contributed by atoms with van der Waals surface area (Å²) in [5.41, 5.74) is 3.41. The van der Waals surface area contributed by atoms with Crippen LogP contribution in [0.2, 0.25) is 0 Å². The lowest BCUT2D eigenvalue weighted by Crippen LogP contribution is -2.37. The molecule has 2 heterocycles. The molecule has 0 saturated heterocycles. The Morgan fingerprint density at radius 2 is 2.09 bits per heavy atom. The monoisotopic (exact) mass is 457 g/mol. The Kier molecular flexibility index (Phi) is 6.69. The van der Waals surface area contributed by atoms with Crippen molar-refractivity contribution < 1.29 is 19.1 Å². The van der Waals surface area contributed by atoms with Crippen LogP contribution in [0.1, 0.15) is 38.2 Å². The van der Waals surface area contributed by atoms with Crippen LogP contribution >= 0.6 is 0 Å². The van der Waals surface area contributed by atoms with Crippen LogP contribution in [0.3, 0.4) is 0 Å². The number of allylic oxidation sites excluding steroid dienone is 3. The summed E-state index contributed by atoms with van der Waals surface area (Å²) in [6, 6.07) is 10.7. The molecule has 0 fully saturated rings. The number of pyridine rings is 1. The second-order valence-corrected chi connectivity index (χ2v) is 8.50. The van der Waals surface area contributed by atoms with Crippen LogP contribution in [0.4, 0.5) is 5.82 Å². The molecule has 34 heavy (non-hydrogen) atoms. The standard InChI is InChI=1S/C27H27N3O4/c1-5-12-34-21-10-9-18(15-22(21)33-4)25-24(27(32)30-23-8-6-7-11-28-23)17(3)29-19-13-16(2)14-20(31)26(19)25/h1,6-11,15-16,25,29H,12-14H2,2-4H3,(H,28,30,32). The summed E-state index contributed by atoms with van der Waals surface area (Å²) in [6.45, 7) is 4.02. The molecular formula is C27H27N3O4. The molecule has 4 rings (SSSR count). The van der Waals surface area contributed by atoms with Crippen molar-refractivity contribution in [3.05, 3.63) is 70.7 Å². The third kappa shape index (κ3) is 4.53. The molecule has 7 heteroatoms. The van der Waals surface area contributed by atoms with Crippen LogP contribution < -0.4 is 20.1 Å². The third-order valence-electron chi connectivity index (χ3n) is 6.01. The first kappa shape index (κ1) is 23.1. The van der Waals surface area contributed by atoms with Gasteiger partial charge in [-0.15, -0.1) is 6.42 Å². The molecule has 2 atom stereocenters. The lowest BCUT2D eigenvalue weighted by Gasteiger charge is -2.36. The summed E-state index contributed by atoms with van der Waals surface area (Å²) in [6.07, 6.45) is 8.11. The number of ketones is 1. The molecule has 1 aliphatic carbocycles. The number of ether oxygens (including phenoxy) is 2. The number of carbonyl (C=O) groups is 2. The normalized spacial score (nSPS) is 19.6. The first-order chi connectivity index (χ1) is 16.4. The van der Waals surface area contributed by atoms with E-state index in [4.69, 9.17) is 15.9 Å². The first-order valence-electron chi connectivity index (χ1n) is 11.1. The maximum atomic E-state index is 13.5. The number of terminal acetylenes is 1. The number of rotatable bonds is 6. The number of nitrogens with one attached hydrogen (secondary N) is 2. The number of benzene rings is 1. The minimum atomic E-state index is -0.560. The minimum absolute atomic E-state index is 0.0357. The summed E-state index contributed by atoms with van der Waals surface area (Å²) in [7, 11) is 1.54. The van der Waals surface area contributed by atoms with Crippen LogP contribution in [0, 0.1) is 18.3 Å². The average molecular weight is 458 g/mol. The van der Waals surface area contributed by atoms with Crippen LogP contribution in [-0.2, 0) is 9.59 Å². The maximum Gasteiger partial charge on any atom is 0.255 e.